The maximum absolute atomic E-state index is 10.1. The molecule has 136 valence electrons. The summed E-state index contributed by atoms with van der Waals surface area (Å²) < 4.78 is 16.9. The summed E-state index contributed by atoms with van der Waals surface area (Å²) in [5.41, 5.74) is 2.48. The first kappa shape index (κ1) is 19.2. The van der Waals surface area contributed by atoms with Crippen LogP contribution in [-0.4, -0.2) is 67.8 Å². The van der Waals surface area contributed by atoms with Crippen LogP contribution in [0.15, 0.2) is 18.2 Å². The lowest BCUT2D eigenvalue weighted by Crippen LogP contribution is -2.48. The molecule has 5 nitrogen and oxygen atoms in total. The molecule has 0 aromatic heterocycles. The van der Waals surface area contributed by atoms with Gasteiger partial charge in [-0.1, -0.05) is 6.07 Å². The number of β-amino-alcohol motifs (C(OH)–C–C–N with tert-alkyl or cyclic N) is 1. The summed E-state index contributed by atoms with van der Waals surface area (Å²) in [5.74, 6) is 0.860. The molecule has 0 spiro atoms. The van der Waals surface area contributed by atoms with Crippen molar-refractivity contribution < 1.29 is 19.3 Å². The second-order valence-electron chi connectivity index (χ2n) is 6.80. The van der Waals surface area contributed by atoms with Gasteiger partial charge in [-0.05, 0) is 51.0 Å². The lowest BCUT2D eigenvalue weighted by atomic mass is 10.1. The summed E-state index contributed by atoms with van der Waals surface area (Å²) in [4.78, 5) is 2.23. The molecule has 24 heavy (non-hydrogen) atoms. The Balaban J connectivity index is 1.59. The molecule has 0 amide bonds. The van der Waals surface area contributed by atoms with Crippen molar-refractivity contribution in [3.05, 3.63) is 29.3 Å². The van der Waals surface area contributed by atoms with E-state index in [0.717, 1.165) is 18.8 Å². The van der Waals surface area contributed by atoms with E-state index in [-0.39, 0.29) is 12.2 Å². The van der Waals surface area contributed by atoms with Crippen LogP contribution in [0.5, 0.6) is 5.75 Å². The van der Waals surface area contributed by atoms with Gasteiger partial charge in [0.2, 0.25) is 0 Å². The van der Waals surface area contributed by atoms with Crippen molar-refractivity contribution in [2.45, 2.75) is 46.0 Å². The maximum Gasteiger partial charge on any atom is 0.119 e. The highest BCUT2D eigenvalue weighted by Crippen LogP contribution is 2.16. The Morgan fingerprint density at radius 3 is 2.54 bits per heavy atom. The number of benzene rings is 1. The van der Waals surface area contributed by atoms with E-state index in [1.807, 2.05) is 12.1 Å². The molecular formula is C19H31NO4. The van der Waals surface area contributed by atoms with E-state index in [9.17, 15) is 5.11 Å². The molecule has 1 aliphatic heterocycles. The molecule has 3 atom stereocenters. The van der Waals surface area contributed by atoms with E-state index in [1.165, 1.54) is 11.1 Å². The van der Waals surface area contributed by atoms with Gasteiger partial charge in [0.05, 0.1) is 31.5 Å². The molecule has 1 aliphatic rings. The predicted octanol–water partition coefficient (Wildman–Crippen LogP) is 2.17. The summed E-state index contributed by atoms with van der Waals surface area (Å²) in [5, 5.41) is 10.1. The fourth-order valence-electron chi connectivity index (χ4n) is 3.03. The summed E-state index contributed by atoms with van der Waals surface area (Å²) >= 11 is 0. The van der Waals surface area contributed by atoms with Crippen LogP contribution in [0.1, 0.15) is 25.0 Å². The third-order valence-electron chi connectivity index (χ3n) is 4.25. The van der Waals surface area contributed by atoms with Crippen LogP contribution in [0.3, 0.4) is 0 Å². The van der Waals surface area contributed by atoms with Crippen molar-refractivity contribution in [3.63, 3.8) is 0 Å². The average Bonchev–Trinajstić information content (AvgIpc) is 2.49. The van der Waals surface area contributed by atoms with Gasteiger partial charge >= 0.3 is 0 Å². The fourth-order valence-corrected chi connectivity index (χ4v) is 3.03. The van der Waals surface area contributed by atoms with Crippen LogP contribution in [0.25, 0.3) is 0 Å². The molecule has 0 radical (unpaired) electrons. The first-order valence-corrected chi connectivity index (χ1v) is 8.77. The molecule has 5 heteroatoms. The molecule has 1 aromatic carbocycles. The zero-order chi connectivity index (χ0) is 17.5. The minimum Gasteiger partial charge on any atom is -0.491 e. The van der Waals surface area contributed by atoms with Gasteiger partial charge in [-0.3, -0.25) is 4.90 Å². The number of hydrogen-bond acceptors (Lipinski definition) is 5. The van der Waals surface area contributed by atoms with Gasteiger partial charge in [0.15, 0.2) is 0 Å². The number of morpholine rings is 1. The molecular weight excluding hydrogens is 306 g/mol. The Hall–Kier alpha value is -1.14. The van der Waals surface area contributed by atoms with E-state index in [1.54, 1.807) is 0 Å². The molecule has 0 bridgehead atoms. The monoisotopic (exact) mass is 337 g/mol. The van der Waals surface area contributed by atoms with Gasteiger partial charge in [-0.2, -0.15) is 0 Å². The number of aliphatic hydroxyl groups is 1. The molecule has 1 saturated heterocycles. The average molecular weight is 337 g/mol. The molecule has 1 aromatic rings. The summed E-state index contributed by atoms with van der Waals surface area (Å²) in [6.45, 7) is 11.9. The molecule has 2 rings (SSSR count). The quantitative estimate of drug-likeness (QED) is 0.737. The Morgan fingerprint density at radius 1 is 1.17 bits per heavy atom. The lowest BCUT2D eigenvalue weighted by molar-refractivity contribution is -0.0824. The van der Waals surface area contributed by atoms with Crippen molar-refractivity contribution >= 4 is 0 Å². The molecule has 1 N–H and O–H groups in total. The second kappa shape index (κ2) is 9.37. The molecule has 0 aliphatic carbocycles. The Kier molecular flexibility index (Phi) is 7.49. The zero-order valence-electron chi connectivity index (χ0n) is 15.3. The van der Waals surface area contributed by atoms with Crippen molar-refractivity contribution in [2.75, 3.05) is 39.5 Å². The van der Waals surface area contributed by atoms with E-state index < -0.39 is 6.10 Å². The molecule has 1 fully saturated rings. The smallest absolute Gasteiger partial charge is 0.119 e. The van der Waals surface area contributed by atoms with Crippen LogP contribution in [-0.2, 0) is 9.47 Å². The van der Waals surface area contributed by atoms with Crippen molar-refractivity contribution in [1.29, 1.82) is 0 Å². The number of ether oxygens (including phenoxy) is 3. The molecule has 1 heterocycles. The number of aryl methyl sites for hydroxylation is 2. The standard InChI is InChI=1S/C19H31NO4/c1-14-5-6-19(9-15(14)2)23-8-7-22-13-18(21)12-20-10-16(3)24-17(4)11-20/h5-6,9,16-18,21H,7-8,10-13H2,1-4H3. The second-order valence-corrected chi connectivity index (χ2v) is 6.80. The number of nitrogens with zero attached hydrogens (tertiary/aromatic N) is 1. The van der Waals surface area contributed by atoms with E-state index in [4.69, 9.17) is 14.2 Å². The van der Waals surface area contributed by atoms with Gasteiger partial charge in [0.25, 0.3) is 0 Å². The largest absolute Gasteiger partial charge is 0.491 e. The van der Waals surface area contributed by atoms with Crippen molar-refractivity contribution in [3.8, 4) is 5.75 Å². The maximum atomic E-state index is 10.1. The predicted molar refractivity (Wildman–Crippen MR) is 94.7 cm³/mol. The van der Waals surface area contributed by atoms with E-state index in [0.29, 0.717) is 26.4 Å². The van der Waals surface area contributed by atoms with Crippen molar-refractivity contribution in [2.24, 2.45) is 0 Å². The normalized spacial score (nSPS) is 23.2. The first-order chi connectivity index (χ1) is 11.4. The van der Waals surface area contributed by atoms with Gasteiger partial charge in [0, 0.05) is 19.6 Å². The first-order valence-electron chi connectivity index (χ1n) is 8.77. The topological polar surface area (TPSA) is 51.2 Å². The highest BCUT2D eigenvalue weighted by Gasteiger charge is 2.23. The third kappa shape index (κ3) is 6.40. The van der Waals surface area contributed by atoms with Crippen LogP contribution >= 0.6 is 0 Å². The number of rotatable bonds is 8. The zero-order valence-corrected chi connectivity index (χ0v) is 15.3. The fraction of sp³-hybridized carbons (Fsp3) is 0.684. The summed E-state index contributed by atoms with van der Waals surface area (Å²) in [6, 6.07) is 6.06. The van der Waals surface area contributed by atoms with E-state index in [2.05, 4.69) is 38.7 Å². The van der Waals surface area contributed by atoms with Gasteiger partial charge < -0.3 is 19.3 Å². The van der Waals surface area contributed by atoms with Crippen LogP contribution in [0.2, 0.25) is 0 Å². The van der Waals surface area contributed by atoms with E-state index >= 15 is 0 Å². The Bertz CT molecular complexity index is 498. The molecule has 3 unspecified atom stereocenters. The minimum atomic E-state index is -0.482. The minimum absolute atomic E-state index is 0.216. The number of hydrogen-bond donors (Lipinski definition) is 1. The molecule has 0 saturated carbocycles. The van der Waals surface area contributed by atoms with Gasteiger partial charge in [-0.25, -0.2) is 0 Å². The summed E-state index contributed by atoms with van der Waals surface area (Å²) in [6.07, 6.45) is -0.0504. The lowest BCUT2D eigenvalue weighted by Gasteiger charge is -2.36. The Labute approximate surface area is 145 Å². The number of aliphatic hydroxyl groups excluding tert-OH is 1. The SMILES string of the molecule is Cc1ccc(OCCOCC(O)CN2CC(C)OC(C)C2)cc1C. The van der Waals surface area contributed by atoms with Crippen molar-refractivity contribution in [1.82, 2.24) is 4.90 Å². The highest BCUT2D eigenvalue weighted by molar-refractivity contribution is 5.33. The summed E-state index contributed by atoms with van der Waals surface area (Å²) in [7, 11) is 0. The highest BCUT2D eigenvalue weighted by atomic mass is 16.5. The third-order valence-corrected chi connectivity index (χ3v) is 4.25. The van der Waals surface area contributed by atoms with Crippen LogP contribution in [0.4, 0.5) is 0 Å². The Morgan fingerprint density at radius 2 is 1.88 bits per heavy atom. The van der Waals surface area contributed by atoms with Gasteiger partial charge in [-0.15, -0.1) is 0 Å². The van der Waals surface area contributed by atoms with Crippen LogP contribution in [0, 0.1) is 13.8 Å². The van der Waals surface area contributed by atoms with Gasteiger partial charge in [0.1, 0.15) is 12.4 Å². The van der Waals surface area contributed by atoms with Crippen LogP contribution < -0.4 is 4.74 Å².